The number of nitrogen functional groups attached to an aromatic ring is 1. The van der Waals surface area contributed by atoms with E-state index in [4.69, 9.17) is 5.73 Å². The molecule has 4 N–H and O–H groups in total. The topological polar surface area (TPSA) is 52.0 Å². The van der Waals surface area contributed by atoms with Gasteiger partial charge in [0.25, 0.3) is 0 Å². The average molecular weight is 236 g/mol. The zero-order valence-electron chi connectivity index (χ0n) is 12.2. The van der Waals surface area contributed by atoms with Gasteiger partial charge in [0.15, 0.2) is 0 Å². The first-order chi connectivity index (χ1) is 8.08. The van der Waals surface area contributed by atoms with Crippen molar-refractivity contribution in [2.75, 3.05) is 12.8 Å². The minimum atomic E-state index is 0.908. The van der Waals surface area contributed by atoms with Crippen molar-refractivity contribution in [3.63, 3.8) is 0 Å². The van der Waals surface area contributed by atoms with Crippen LogP contribution in [-0.2, 0) is 0 Å². The lowest BCUT2D eigenvalue weighted by Crippen LogP contribution is -1.95. The normalized spacial score (nSPS) is 9.12. The van der Waals surface area contributed by atoms with E-state index in [1.54, 1.807) is 0 Å². The molecule has 0 aliphatic heterocycles. The number of allylic oxidation sites excluding steroid dienone is 1. The highest BCUT2D eigenvalue weighted by Crippen LogP contribution is 2.20. The molecule has 0 radical (unpaired) electrons. The van der Waals surface area contributed by atoms with Crippen molar-refractivity contribution in [2.45, 2.75) is 41.0 Å². The van der Waals surface area contributed by atoms with Crippen LogP contribution in [0.15, 0.2) is 18.2 Å². The second kappa shape index (κ2) is 11.2. The van der Waals surface area contributed by atoms with E-state index >= 15 is 0 Å². The molecule has 0 aliphatic carbocycles. The van der Waals surface area contributed by atoms with E-state index < -0.39 is 0 Å². The van der Waals surface area contributed by atoms with Crippen molar-refractivity contribution in [1.82, 2.24) is 0 Å². The third-order valence-electron chi connectivity index (χ3n) is 2.12. The molecular weight excluding hydrogens is 208 g/mol. The molecule has 1 rings (SSSR count). The quantitative estimate of drug-likeness (QED) is 0.726. The molecule has 1 aromatic rings. The number of aryl methyl sites for hydroxylation is 1. The van der Waals surface area contributed by atoms with Gasteiger partial charge in [-0.25, -0.2) is 0 Å². The van der Waals surface area contributed by atoms with Crippen LogP contribution in [0, 0.1) is 13.8 Å². The second-order valence-electron chi connectivity index (χ2n) is 3.72. The van der Waals surface area contributed by atoms with E-state index in [2.05, 4.69) is 44.7 Å². The lowest BCUT2D eigenvalue weighted by atomic mass is 10.0. The summed E-state index contributed by atoms with van der Waals surface area (Å²) in [6, 6.07) is 4.15. The van der Waals surface area contributed by atoms with Crippen LogP contribution in [0.5, 0.6) is 0 Å². The highest BCUT2D eigenvalue weighted by Gasteiger charge is 2.00. The highest BCUT2D eigenvalue weighted by atomic mass is 14.6. The molecule has 1 aromatic carbocycles. The van der Waals surface area contributed by atoms with Crippen LogP contribution >= 0.6 is 0 Å². The standard InChI is InChI=1S/C11H15N.C3H8.CH5N/c1-4-5-10-7-6-8(2)11(12)9(10)3;1-3-2;1-2/h4-7H,12H2,1-3H3;3H2,1-2H3;2H2,1H3/b5-4+;;. The van der Waals surface area contributed by atoms with Gasteiger partial charge in [-0.15, -0.1) is 0 Å². The molecule has 0 saturated heterocycles. The Balaban J connectivity index is 0. The third kappa shape index (κ3) is 6.80. The van der Waals surface area contributed by atoms with Crippen LogP contribution in [0.4, 0.5) is 5.69 Å². The molecule has 2 heteroatoms. The number of benzene rings is 1. The van der Waals surface area contributed by atoms with E-state index in [9.17, 15) is 0 Å². The van der Waals surface area contributed by atoms with Crippen LogP contribution in [0.2, 0.25) is 0 Å². The molecule has 0 amide bonds. The number of nitrogens with two attached hydrogens (primary N) is 2. The Morgan fingerprint density at radius 2 is 1.59 bits per heavy atom. The summed E-state index contributed by atoms with van der Waals surface area (Å²) < 4.78 is 0. The Kier molecular flexibility index (Phi) is 11.9. The van der Waals surface area contributed by atoms with Crippen LogP contribution < -0.4 is 11.5 Å². The molecule has 0 aromatic heterocycles. The summed E-state index contributed by atoms with van der Waals surface area (Å²) in [7, 11) is 1.50. The lowest BCUT2D eigenvalue weighted by Gasteiger charge is -2.06. The van der Waals surface area contributed by atoms with Gasteiger partial charge in [-0.05, 0) is 44.5 Å². The fourth-order valence-electron chi connectivity index (χ4n) is 1.24. The third-order valence-corrected chi connectivity index (χ3v) is 2.12. The molecule has 0 saturated carbocycles. The average Bonchev–Trinajstić information content (AvgIpc) is 2.34. The van der Waals surface area contributed by atoms with Crippen molar-refractivity contribution >= 4 is 11.8 Å². The molecule has 0 spiro atoms. The van der Waals surface area contributed by atoms with Gasteiger partial charge < -0.3 is 11.5 Å². The summed E-state index contributed by atoms with van der Waals surface area (Å²) in [5, 5.41) is 0. The molecule has 0 aliphatic rings. The molecular formula is C15H28N2. The molecule has 17 heavy (non-hydrogen) atoms. The first-order valence-electron chi connectivity index (χ1n) is 6.14. The Bertz CT molecular complexity index is 328. The molecule has 0 bridgehead atoms. The Hall–Kier alpha value is -1.28. The monoisotopic (exact) mass is 236 g/mol. The SMILES string of the molecule is C/C=C/c1ccc(C)c(N)c1C.CCC.CN. The van der Waals surface area contributed by atoms with Crippen LogP contribution in [0.3, 0.4) is 0 Å². The number of rotatable bonds is 1. The summed E-state index contributed by atoms with van der Waals surface area (Å²) >= 11 is 0. The first-order valence-corrected chi connectivity index (χ1v) is 6.14. The highest BCUT2D eigenvalue weighted by molar-refractivity contribution is 5.64. The van der Waals surface area contributed by atoms with Crippen LogP contribution in [-0.4, -0.2) is 7.05 Å². The van der Waals surface area contributed by atoms with Crippen molar-refractivity contribution in [3.8, 4) is 0 Å². The van der Waals surface area contributed by atoms with E-state index in [-0.39, 0.29) is 0 Å². The minimum Gasteiger partial charge on any atom is -0.398 e. The maximum atomic E-state index is 5.88. The Morgan fingerprint density at radius 1 is 1.12 bits per heavy atom. The second-order valence-corrected chi connectivity index (χ2v) is 3.72. The fourth-order valence-corrected chi connectivity index (χ4v) is 1.24. The number of hydrogen-bond acceptors (Lipinski definition) is 2. The minimum absolute atomic E-state index is 0.908. The van der Waals surface area contributed by atoms with Crippen molar-refractivity contribution in [1.29, 1.82) is 0 Å². The Morgan fingerprint density at radius 3 is 2.00 bits per heavy atom. The molecule has 2 nitrogen and oxygen atoms in total. The number of anilines is 1. The van der Waals surface area contributed by atoms with E-state index in [0.29, 0.717) is 0 Å². The smallest absolute Gasteiger partial charge is 0.0379 e. The molecule has 0 fully saturated rings. The summed E-state index contributed by atoms with van der Waals surface area (Å²) in [5.41, 5.74) is 14.8. The molecule has 98 valence electrons. The maximum absolute atomic E-state index is 5.88. The molecule has 0 unspecified atom stereocenters. The number of hydrogen-bond donors (Lipinski definition) is 2. The predicted octanol–water partition coefficient (Wildman–Crippen LogP) is 3.91. The lowest BCUT2D eigenvalue weighted by molar-refractivity contribution is 1.09. The summed E-state index contributed by atoms with van der Waals surface area (Å²) in [4.78, 5) is 0. The summed E-state index contributed by atoms with van der Waals surface area (Å²) in [5.74, 6) is 0. The maximum Gasteiger partial charge on any atom is 0.0379 e. The zero-order valence-corrected chi connectivity index (χ0v) is 12.2. The van der Waals surface area contributed by atoms with Gasteiger partial charge in [0.1, 0.15) is 0 Å². The van der Waals surface area contributed by atoms with Gasteiger partial charge in [0, 0.05) is 5.69 Å². The van der Waals surface area contributed by atoms with Gasteiger partial charge in [0.05, 0.1) is 0 Å². The van der Waals surface area contributed by atoms with Gasteiger partial charge in [0.2, 0.25) is 0 Å². The van der Waals surface area contributed by atoms with Crippen molar-refractivity contribution < 1.29 is 0 Å². The Labute approximate surface area is 107 Å². The fraction of sp³-hybridized carbons (Fsp3) is 0.467. The molecule has 0 atom stereocenters. The van der Waals surface area contributed by atoms with Crippen molar-refractivity contribution in [2.24, 2.45) is 5.73 Å². The van der Waals surface area contributed by atoms with Crippen LogP contribution in [0.25, 0.3) is 6.08 Å². The first kappa shape index (κ1) is 18.1. The summed E-state index contributed by atoms with van der Waals surface area (Å²) in [6.45, 7) is 10.3. The van der Waals surface area contributed by atoms with E-state index in [0.717, 1.165) is 11.3 Å². The zero-order chi connectivity index (χ0) is 13.8. The molecule has 0 heterocycles. The van der Waals surface area contributed by atoms with E-state index in [1.807, 2.05) is 19.9 Å². The van der Waals surface area contributed by atoms with Crippen molar-refractivity contribution in [3.05, 3.63) is 34.9 Å². The van der Waals surface area contributed by atoms with Gasteiger partial charge >= 0.3 is 0 Å². The van der Waals surface area contributed by atoms with Crippen LogP contribution in [0.1, 0.15) is 43.9 Å². The largest absolute Gasteiger partial charge is 0.398 e. The predicted molar refractivity (Wildman–Crippen MR) is 81.1 cm³/mol. The van der Waals surface area contributed by atoms with Gasteiger partial charge in [-0.3, -0.25) is 0 Å². The van der Waals surface area contributed by atoms with E-state index in [1.165, 1.54) is 24.6 Å². The van der Waals surface area contributed by atoms with Gasteiger partial charge in [-0.2, -0.15) is 0 Å². The van der Waals surface area contributed by atoms with Gasteiger partial charge in [-0.1, -0.05) is 44.6 Å². The summed E-state index contributed by atoms with van der Waals surface area (Å²) in [6.07, 6.45) is 5.35.